The van der Waals surface area contributed by atoms with Crippen LogP contribution in [0.3, 0.4) is 0 Å². The summed E-state index contributed by atoms with van der Waals surface area (Å²) in [6, 6.07) is 15.9. The van der Waals surface area contributed by atoms with Crippen LogP contribution in [0.5, 0.6) is 5.75 Å². The molecule has 0 N–H and O–H groups in total. The molecule has 0 aliphatic heterocycles. The van der Waals surface area contributed by atoms with Gasteiger partial charge in [-0.05, 0) is 66.2 Å². The molecule has 1 fully saturated rings. The molecule has 158 valence electrons. The average Bonchev–Trinajstić information content (AvgIpc) is 2.75. The van der Waals surface area contributed by atoms with Crippen LogP contribution in [0.15, 0.2) is 54.6 Å². The van der Waals surface area contributed by atoms with Gasteiger partial charge >= 0.3 is 6.61 Å². The van der Waals surface area contributed by atoms with Crippen molar-refractivity contribution in [2.24, 2.45) is 5.92 Å². The molecule has 3 aromatic carbocycles. The van der Waals surface area contributed by atoms with Crippen molar-refractivity contribution < 1.29 is 17.9 Å². The lowest BCUT2D eigenvalue weighted by Gasteiger charge is -2.28. The minimum Gasteiger partial charge on any atom is -0.435 e. The first-order valence-corrected chi connectivity index (χ1v) is 10.8. The van der Waals surface area contributed by atoms with Gasteiger partial charge in [-0.3, -0.25) is 0 Å². The van der Waals surface area contributed by atoms with Gasteiger partial charge in [0.1, 0.15) is 11.6 Å². The summed E-state index contributed by atoms with van der Waals surface area (Å²) in [7, 11) is 0. The second-order valence-electron chi connectivity index (χ2n) is 8.32. The van der Waals surface area contributed by atoms with Crippen molar-refractivity contribution in [1.82, 2.24) is 0 Å². The van der Waals surface area contributed by atoms with Crippen molar-refractivity contribution >= 4 is 10.8 Å². The van der Waals surface area contributed by atoms with E-state index >= 15 is 4.39 Å². The van der Waals surface area contributed by atoms with E-state index in [1.165, 1.54) is 56.2 Å². The standard InChI is InChI=1S/C26H27F3O/c1-2-3-17-4-6-18(7-5-17)20-10-14-24-21(16-20)11-15-23(25(24)27)19-8-12-22(13-9-19)30-26(28)29/h8-18,26H,2-7H2,1H3. The average molecular weight is 412 g/mol. The third kappa shape index (κ3) is 4.48. The maximum atomic E-state index is 15.2. The summed E-state index contributed by atoms with van der Waals surface area (Å²) in [6.07, 6.45) is 7.58. The van der Waals surface area contributed by atoms with Gasteiger partial charge in [-0.1, -0.05) is 62.2 Å². The zero-order valence-electron chi connectivity index (χ0n) is 17.2. The Labute approximate surface area is 175 Å². The van der Waals surface area contributed by atoms with E-state index in [9.17, 15) is 8.78 Å². The number of alkyl halides is 2. The summed E-state index contributed by atoms with van der Waals surface area (Å²) >= 11 is 0. The van der Waals surface area contributed by atoms with Crippen molar-refractivity contribution in [1.29, 1.82) is 0 Å². The van der Waals surface area contributed by atoms with Gasteiger partial charge in [0.15, 0.2) is 0 Å². The third-order valence-electron chi connectivity index (χ3n) is 6.38. The van der Waals surface area contributed by atoms with Crippen LogP contribution >= 0.6 is 0 Å². The quantitative estimate of drug-likeness (QED) is 0.395. The Kier molecular flexibility index (Phi) is 6.31. The predicted octanol–water partition coefficient (Wildman–Crippen LogP) is 8.32. The third-order valence-corrected chi connectivity index (χ3v) is 6.38. The van der Waals surface area contributed by atoms with Crippen LogP contribution in [0, 0.1) is 11.7 Å². The van der Waals surface area contributed by atoms with E-state index in [1.807, 2.05) is 12.1 Å². The van der Waals surface area contributed by atoms with Gasteiger partial charge in [0.2, 0.25) is 0 Å². The Morgan fingerprint density at radius 1 is 0.933 bits per heavy atom. The normalized spacial score (nSPS) is 19.4. The first-order chi connectivity index (χ1) is 14.5. The molecule has 0 atom stereocenters. The Balaban J connectivity index is 1.56. The van der Waals surface area contributed by atoms with Crippen molar-refractivity contribution in [3.05, 3.63) is 66.0 Å². The van der Waals surface area contributed by atoms with Gasteiger partial charge in [-0.15, -0.1) is 0 Å². The fraction of sp³-hybridized carbons (Fsp3) is 0.385. The molecule has 0 spiro atoms. The van der Waals surface area contributed by atoms with Crippen LogP contribution in [0.4, 0.5) is 13.2 Å². The van der Waals surface area contributed by atoms with Gasteiger partial charge in [0.25, 0.3) is 0 Å². The minimum atomic E-state index is -2.87. The lowest BCUT2D eigenvalue weighted by Crippen LogP contribution is -2.13. The first kappa shape index (κ1) is 20.8. The highest BCUT2D eigenvalue weighted by Crippen LogP contribution is 2.39. The zero-order valence-corrected chi connectivity index (χ0v) is 17.2. The molecule has 1 aliphatic carbocycles. The number of ether oxygens (including phenoxy) is 1. The highest BCUT2D eigenvalue weighted by molar-refractivity contribution is 5.89. The van der Waals surface area contributed by atoms with Crippen molar-refractivity contribution in [3.8, 4) is 16.9 Å². The molecule has 1 aliphatic rings. The maximum Gasteiger partial charge on any atom is 0.387 e. The number of hydrogen-bond acceptors (Lipinski definition) is 1. The summed E-state index contributed by atoms with van der Waals surface area (Å²) in [4.78, 5) is 0. The Morgan fingerprint density at radius 3 is 2.33 bits per heavy atom. The predicted molar refractivity (Wildman–Crippen MR) is 116 cm³/mol. The summed E-state index contributed by atoms with van der Waals surface area (Å²) in [5.74, 6) is 1.21. The molecule has 0 radical (unpaired) electrons. The minimum absolute atomic E-state index is 0.0632. The SMILES string of the molecule is CCCC1CCC(c2ccc3c(F)c(-c4ccc(OC(F)F)cc4)ccc3c2)CC1. The molecule has 30 heavy (non-hydrogen) atoms. The van der Waals surface area contributed by atoms with Gasteiger partial charge in [-0.2, -0.15) is 8.78 Å². The van der Waals surface area contributed by atoms with Crippen molar-refractivity contribution in [2.75, 3.05) is 0 Å². The molecular formula is C26H27F3O. The molecule has 0 saturated heterocycles. The van der Waals surface area contributed by atoms with Gasteiger partial charge in [-0.25, -0.2) is 4.39 Å². The summed E-state index contributed by atoms with van der Waals surface area (Å²) in [5.41, 5.74) is 2.39. The molecule has 1 saturated carbocycles. The molecule has 0 heterocycles. The highest BCUT2D eigenvalue weighted by Gasteiger charge is 2.22. The number of benzene rings is 3. The van der Waals surface area contributed by atoms with Gasteiger partial charge in [0, 0.05) is 10.9 Å². The second kappa shape index (κ2) is 9.11. The molecule has 0 amide bonds. The summed E-state index contributed by atoms with van der Waals surface area (Å²) in [6.45, 7) is -0.617. The monoisotopic (exact) mass is 412 g/mol. The largest absolute Gasteiger partial charge is 0.435 e. The lowest BCUT2D eigenvalue weighted by atomic mass is 9.77. The van der Waals surface area contributed by atoms with Crippen LogP contribution in [-0.2, 0) is 0 Å². The number of hydrogen-bond donors (Lipinski definition) is 0. The zero-order chi connectivity index (χ0) is 21.1. The van der Waals surface area contributed by atoms with Crippen LogP contribution in [0.2, 0.25) is 0 Å². The smallest absolute Gasteiger partial charge is 0.387 e. The van der Waals surface area contributed by atoms with E-state index < -0.39 is 6.61 Å². The van der Waals surface area contributed by atoms with E-state index in [0.29, 0.717) is 22.4 Å². The summed E-state index contributed by atoms with van der Waals surface area (Å²) in [5, 5.41) is 1.49. The van der Waals surface area contributed by atoms with E-state index in [4.69, 9.17) is 0 Å². The number of rotatable bonds is 6. The Bertz CT molecular complexity index is 989. The fourth-order valence-electron chi connectivity index (χ4n) is 4.80. The Morgan fingerprint density at radius 2 is 1.67 bits per heavy atom. The molecule has 4 heteroatoms. The topological polar surface area (TPSA) is 9.23 Å². The van der Waals surface area contributed by atoms with E-state index in [-0.39, 0.29) is 11.6 Å². The Hall–Kier alpha value is -2.49. The molecule has 4 rings (SSSR count). The first-order valence-electron chi connectivity index (χ1n) is 10.8. The molecule has 0 unspecified atom stereocenters. The maximum absolute atomic E-state index is 15.2. The van der Waals surface area contributed by atoms with Crippen molar-refractivity contribution in [2.45, 2.75) is 58.0 Å². The van der Waals surface area contributed by atoms with Crippen LogP contribution < -0.4 is 4.74 Å². The fourth-order valence-corrected chi connectivity index (χ4v) is 4.80. The van der Waals surface area contributed by atoms with Gasteiger partial charge < -0.3 is 4.74 Å². The molecule has 3 aromatic rings. The van der Waals surface area contributed by atoms with E-state index in [0.717, 1.165) is 11.3 Å². The van der Waals surface area contributed by atoms with E-state index in [1.54, 1.807) is 18.2 Å². The molecule has 0 aromatic heterocycles. The van der Waals surface area contributed by atoms with Crippen LogP contribution in [-0.4, -0.2) is 6.61 Å². The number of halogens is 3. The lowest BCUT2D eigenvalue weighted by molar-refractivity contribution is -0.0498. The van der Waals surface area contributed by atoms with Crippen LogP contribution in [0.25, 0.3) is 21.9 Å². The molecular weight excluding hydrogens is 385 g/mol. The van der Waals surface area contributed by atoms with E-state index in [2.05, 4.69) is 23.8 Å². The summed E-state index contributed by atoms with van der Waals surface area (Å²) < 4.78 is 44.2. The van der Waals surface area contributed by atoms with Gasteiger partial charge in [0.05, 0.1) is 0 Å². The number of fused-ring (bicyclic) bond motifs is 1. The second-order valence-corrected chi connectivity index (χ2v) is 8.32. The van der Waals surface area contributed by atoms with Crippen LogP contribution in [0.1, 0.15) is 56.9 Å². The molecule has 0 bridgehead atoms. The van der Waals surface area contributed by atoms with Crippen molar-refractivity contribution in [3.63, 3.8) is 0 Å². The highest BCUT2D eigenvalue weighted by atomic mass is 19.3. The molecule has 1 nitrogen and oxygen atoms in total.